The number of aliphatic imine (C=N–C) groups is 1. The third-order valence-electron chi connectivity index (χ3n) is 2.25. The zero-order chi connectivity index (χ0) is 9.38. The predicted octanol–water partition coefficient (Wildman–Crippen LogP) is 1.20. The largest absolute Gasteiger partial charge is 0.284 e. The Balaban J connectivity index is 2.34. The van der Waals surface area contributed by atoms with Crippen molar-refractivity contribution in [1.82, 2.24) is 14.8 Å². The Hall–Kier alpha value is -1.97. The second kappa shape index (κ2) is 2.77. The van der Waals surface area contributed by atoms with Crippen LogP contribution in [0.15, 0.2) is 35.6 Å². The maximum Gasteiger partial charge on any atom is 0.153 e. The summed E-state index contributed by atoms with van der Waals surface area (Å²) in [4.78, 5) is 8.43. The summed E-state index contributed by atoms with van der Waals surface area (Å²) >= 11 is 0. The number of aromatic nitrogens is 3. The van der Waals surface area contributed by atoms with Gasteiger partial charge in [0.2, 0.25) is 0 Å². The van der Waals surface area contributed by atoms with Crippen molar-refractivity contribution in [3.63, 3.8) is 0 Å². The quantitative estimate of drug-likeness (QED) is 0.617. The summed E-state index contributed by atoms with van der Waals surface area (Å²) in [7, 11) is 0. The fourth-order valence-electron chi connectivity index (χ4n) is 1.59. The molecule has 1 aromatic heterocycles. The van der Waals surface area contributed by atoms with Crippen molar-refractivity contribution in [1.29, 1.82) is 0 Å². The van der Waals surface area contributed by atoms with E-state index in [1.165, 1.54) is 0 Å². The van der Waals surface area contributed by atoms with E-state index in [1.54, 1.807) is 6.33 Å². The topological polar surface area (TPSA) is 43.1 Å². The van der Waals surface area contributed by atoms with E-state index in [0.717, 1.165) is 17.1 Å². The molecule has 0 bridgehead atoms. The van der Waals surface area contributed by atoms with Crippen molar-refractivity contribution in [3.8, 4) is 5.69 Å². The molecule has 4 heteroatoms. The monoisotopic (exact) mass is 184 g/mol. The highest BCUT2D eigenvalue weighted by Crippen LogP contribution is 2.16. The average Bonchev–Trinajstić information content (AvgIpc) is 2.61. The number of nitrogens with zero attached hydrogens (tertiary/aromatic N) is 4. The fraction of sp³-hybridized carbons (Fsp3) is 0.100. The molecule has 14 heavy (non-hydrogen) atoms. The van der Waals surface area contributed by atoms with E-state index in [0.29, 0.717) is 6.54 Å². The molecular weight excluding hydrogens is 176 g/mol. The van der Waals surface area contributed by atoms with Crippen LogP contribution in [0.25, 0.3) is 5.69 Å². The first-order valence-corrected chi connectivity index (χ1v) is 4.43. The molecule has 2 heterocycles. The zero-order valence-corrected chi connectivity index (χ0v) is 7.46. The van der Waals surface area contributed by atoms with Gasteiger partial charge < -0.3 is 0 Å². The van der Waals surface area contributed by atoms with Crippen molar-refractivity contribution in [3.05, 3.63) is 42.0 Å². The lowest BCUT2D eigenvalue weighted by Crippen LogP contribution is -2.02. The van der Waals surface area contributed by atoms with Crippen LogP contribution in [0.4, 0.5) is 0 Å². The molecular formula is C10H8N4. The van der Waals surface area contributed by atoms with Crippen LogP contribution in [0.5, 0.6) is 0 Å². The number of rotatable bonds is 0. The molecule has 68 valence electrons. The van der Waals surface area contributed by atoms with Gasteiger partial charge in [-0.1, -0.05) is 18.2 Å². The van der Waals surface area contributed by atoms with Crippen molar-refractivity contribution in [2.75, 3.05) is 0 Å². The molecule has 0 saturated heterocycles. The maximum absolute atomic E-state index is 4.28. The summed E-state index contributed by atoms with van der Waals surface area (Å²) in [6.45, 7) is 0.592. The van der Waals surface area contributed by atoms with Crippen molar-refractivity contribution < 1.29 is 0 Å². The van der Waals surface area contributed by atoms with Gasteiger partial charge in [-0.25, -0.2) is 9.67 Å². The third kappa shape index (κ3) is 0.970. The number of benzene rings is 1. The highest BCUT2D eigenvalue weighted by molar-refractivity contribution is 5.85. The third-order valence-corrected chi connectivity index (χ3v) is 2.25. The van der Waals surface area contributed by atoms with Gasteiger partial charge in [-0.3, -0.25) is 4.99 Å². The van der Waals surface area contributed by atoms with Gasteiger partial charge >= 0.3 is 0 Å². The first-order chi connectivity index (χ1) is 6.95. The van der Waals surface area contributed by atoms with E-state index in [2.05, 4.69) is 15.1 Å². The van der Waals surface area contributed by atoms with Gasteiger partial charge in [-0.2, -0.15) is 5.10 Å². The van der Waals surface area contributed by atoms with Crippen LogP contribution in [-0.4, -0.2) is 21.0 Å². The summed E-state index contributed by atoms with van der Waals surface area (Å²) in [6, 6.07) is 8.02. The van der Waals surface area contributed by atoms with E-state index >= 15 is 0 Å². The van der Waals surface area contributed by atoms with Gasteiger partial charge in [0.05, 0.1) is 12.2 Å². The van der Waals surface area contributed by atoms with Crippen LogP contribution >= 0.6 is 0 Å². The molecule has 0 aliphatic carbocycles. The normalized spacial score (nSPS) is 13.1. The van der Waals surface area contributed by atoms with E-state index < -0.39 is 0 Å². The lowest BCUT2D eigenvalue weighted by Gasteiger charge is -2.04. The molecule has 4 nitrogen and oxygen atoms in total. The summed E-state index contributed by atoms with van der Waals surface area (Å²) < 4.78 is 1.84. The van der Waals surface area contributed by atoms with Gasteiger partial charge in [0.1, 0.15) is 6.33 Å². The Kier molecular flexibility index (Phi) is 1.47. The smallest absolute Gasteiger partial charge is 0.153 e. The minimum Gasteiger partial charge on any atom is -0.284 e. The number of hydrogen-bond donors (Lipinski definition) is 0. The number of para-hydroxylation sites is 1. The van der Waals surface area contributed by atoms with Crippen molar-refractivity contribution in [2.45, 2.75) is 6.54 Å². The van der Waals surface area contributed by atoms with Crippen LogP contribution in [0, 0.1) is 0 Å². The van der Waals surface area contributed by atoms with Gasteiger partial charge in [-0.05, 0) is 6.07 Å². The van der Waals surface area contributed by atoms with Crippen molar-refractivity contribution in [2.24, 2.45) is 4.99 Å². The molecule has 1 aliphatic rings. The minimum atomic E-state index is 0.592. The first-order valence-electron chi connectivity index (χ1n) is 4.43. The summed E-state index contributed by atoms with van der Waals surface area (Å²) in [5, 5.41) is 4.18. The number of hydrogen-bond acceptors (Lipinski definition) is 3. The molecule has 0 N–H and O–H groups in total. The molecule has 1 aromatic carbocycles. The highest BCUT2D eigenvalue weighted by Gasteiger charge is 2.11. The van der Waals surface area contributed by atoms with Gasteiger partial charge in [0.25, 0.3) is 0 Å². The van der Waals surface area contributed by atoms with Crippen molar-refractivity contribution >= 4 is 6.21 Å². The average molecular weight is 184 g/mol. The molecule has 0 unspecified atom stereocenters. The predicted molar refractivity (Wildman–Crippen MR) is 52.7 cm³/mol. The molecule has 0 fully saturated rings. The van der Waals surface area contributed by atoms with Crippen LogP contribution in [0.2, 0.25) is 0 Å². The summed E-state index contributed by atoms with van der Waals surface area (Å²) in [5.41, 5.74) is 2.12. The zero-order valence-electron chi connectivity index (χ0n) is 7.46. The minimum absolute atomic E-state index is 0.592. The van der Waals surface area contributed by atoms with E-state index in [1.807, 2.05) is 35.2 Å². The second-order valence-electron chi connectivity index (χ2n) is 3.12. The molecule has 1 aliphatic heterocycles. The van der Waals surface area contributed by atoms with Gasteiger partial charge in [-0.15, -0.1) is 0 Å². The Bertz CT molecular complexity index is 498. The molecule has 3 rings (SSSR count). The molecule has 0 radical (unpaired) electrons. The Labute approximate surface area is 80.9 Å². The van der Waals surface area contributed by atoms with Gasteiger partial charge in [0, 0.05) is 11.8 Å². The molecule has 0 spiro atoms. The van der Waals surface area contributed by atoms with Crippen LogP contribution in [-0.2, 0) is 6.54 Å². The molecule has 0 atom stereocenters. The number of fused-ring (bicyclic) bond motifs is 3. The van der Waals surface area contributed by atoms with Crippen LogP contribution in [0.1, 0.15) is 11.4 Å². The van der Waals surface area contributed by atoms with E-state index in [9.17, 15) is 0 Å². The maximum atomic E-state index is 4.28. The van der Waals surface area contributed by atoms with Gasteiger partial charge in [0.15, 0.2) is 5.82 Å². The second-order valence-corrected chi connectivity index (χ2v) is 3.12. The van der Waals surface area contributed by atoms with E-state index in [-0.39, 0.29) is 0 Å². The Morgan fingerprint density at radius 1 is 1.21 bits per heavy atom. The molecule has 0 amide bonds. The van der Waals surface area contributed by atoms with E-state index in [4.69, 9.17) is 0 Å². The lowest BCUT2D eigenvalue weighted by atomic mass is 10.2. The molecule has 2 aromatic rings. The first kappa shape index (κ1) is 7.44. The van der Waals surface area contributed by atoms with Crippen LogP contribution in [0.3, 0.4) is 0 Å². The Morgan fingerprint density at radius 3 is 3.14 bits per heavy atom. The lowest BCUT2D eigenvalue weighted by molar-refractivity contribution is 0.798. The molecule has 0 saturated carbocycles. The van der Waals surface area contributed by atoms with Crippen LogP contribution < -0.4 is 0 Å². The Morgan fingerprint density at radius 2 is 2.14 bits per heavy atom. The summed E-state index contributed by atoms with van der Waals surface area (Å²) in [5.74, 6) is 0.881. The highest BCUT2D eigenvalue weighted by atomic mass is 15.3. The SMILES string of the molecule is C1=NCc2ncnn2-c2ccccc21. The summed E-state index contributed by atoms with van der Waals surface area (Å²) in [6.07, 6.45) is 3.43. The fourth-order valence-corrected chi connectivity index (χ4v) is 1.59. The standard InChI is InChI=1S/C10H8N4/c1-2-4-9-8(3-1)5-11-6-10-12-7-13-14(9)10/h1-5,7H,6H2.